The number of furan rings is 1. The lowest BCUT2D eigenvalue weighted by molar-refractivity contribution is 0.530. The molecule has 3 aromatic heterocycles. The Hall–Kier alpha value is -1.24. The van der Waals surface area contributed by atoms with Gasteiger partial charge in [-0.15, -0.1) is 11.3 Å². The summed E-state index contributed by atoms with van der Waals surface area (Å²) in [4.78, 5) is 5.76. The molecule has 106 valence electrons. The smallest absolute Gasteiger partial charge is 0.194 e. The average Bonchev–Trinajstić information content (AvgIpc) is 3.11. The van der Waals surface area contributed by atoms with E-state index in [2.05, 4.69) is 35.1 Å². The number of aromatic nitrogens is 2. The molecule has 0 atom stereocenters. The third-order valence-electron chi connectivity index (χ3n) is 2.93. The molecule has 0 aliphatic heterocycles. The summed E-state index contributed by atoms with van der Waals surface area (Å²) in [6.07, 6.45) is 3.80. The van der Waals surface area contributed by atoms with Crippen LogP contribution in [0.1, 0.15) is 25.3 Å². The van der Waals surface area contributed by atoms with E-state index in [-0.39, 0.29) is 0 Å². The second kappa shape index (κ2) is 6.03. The fourth-order valence-corrected chi connectivity index (χ4v) is 3.65. The van der Waals surface area contributed by atoms with Crippen molar-refractivity contribution < 1.29 is 4.42 Å². The molecule has 0 aromatic carbocycles. The highest BCUT2D eigenvalue weighted by Crippen LogP contribution is 2.28. The second-order valence-corrected chi connectivity index (χ2v) is 6.66. The summed E-state index contributed by atoms with van der Waals surface area (Å²) in [5.74, 6) is 1.79. The van der Waals surface area contributed by atoms with Gasteiger partial charge in [0.25, 0.3) is 0 Å². The highest BCUT2D eigenvalue weighted by Gasteiger charge is 2.14. The quantitative estimate of drug-likeness (QED) is 0.704. The molecule has 1 N–H and O–H groups in total. The fourth-order valence-electron chi connectivity index (χ4n) is 1.92. The number of nitrogens with zero attached hydrogens (tertiary/aromatic N) is 2. The minimum absolute atomic E-state index is 0.460. The summed E-state index contributed by atoms with van der Waals surface area (Å²) in [6.45, 7) is 5.14. The molecule has 6 heteroatoms. The van der Waals surface area contributed by atoms with Gasteiger partial charge in [0.1, 0.15) is 10.8 Å². The van der Waals surface area contributed by atoms with E-state index in [0.29, 0.717) is 6.04 Å². The van der Waals surface area contributed by atoms with Crippen molar-refractivity contribution in [2.45, 2.75) is 37.2 Å². The predicted octanol–water partition coefficient (Wildman–Crippen LogP) is 3.78. The first-order valence-corrected chi connectivity index (χ1v) is 8.43. The van der Waals surface area contributed by atoms with Crippen molar-refractivity contribution in [1.29, 1.82) is 0 Å². The lowest BCUT2D eigenvalue weighted by Gasteiger charge is -2.08. The summed E-state index contributed by atoms with van der Waals surface area (Å²) in [7, 11) is 0. The highest BCUT2D eigenvalue weighted by molar-refractivity contribution is 7.98. The van der Waals surface area contributed by atoms with Crippen molar-refractivity contribution >= 4 is 28.1 Å². The van der Waals surface area contributed by atoms with Crippen molar-refractivity contribution in [2.75, 3.05) is 0 Å². The monoisotopic (exact) mass is 307 g/mol. The van der Waals surface area contributed by atoms with Gasteiger partial charge in [-0.2, -0.15) is 0 Å². The molecule has 3 aromatic rings. The number of hydrogen-bond donors (Lipinski definition) is 1. The van der Waals surface area contributed by atoms with Gasteiger partial charge >= 0.3 is 0 Å². The number of thiazole rings is 1. The van der Waals surface area contributed by atoms with Crippen LogP contribution < -0.4 is 5.32 Å². The van der Waals surface area contributed by atoms with Crippen molar-refractivity contribution in [3.8, 4) is 0 Å². The fraction of sp³-hybridized carbons (Fsp3) is 0.357. The van der Waals surface area contributed by atoms with Crippen LogP contribution >= 0.6 is 23.1 Å². The molecule has 0 unspecified atom stereocenters. The summed E-state index contributed by atoms with van der Waals surface area (Å²) < 4.78 is 7.55. The molecular weight excluding hydrogens is 290 g/mol. The molecule has 3 rings (SSSR count). The lowest BCUT2D eigenvalue weighted by Crippen LogP contribution is -2.22. The molecule has 0 saturated carbocycles. The Labute approximate surface area is 126 Å². The summed E-state index contributed by atoms with van der Waals surface area (Å²) in [6, 6.07) is 4.38. The van der Waals surface area contributed by atoms with Gasteiger partial charge in [0.15, 0.2) is 4.96 Å². The number of imidazole rings is 1. The van der Waals surface area contributed by atoms with Crippen LogP contribution in [0.15, 0.2) is 39.4 Å². The van der Waals surface area contributed by atoms with E-state index in [4.69, 9.17) is 9.40 Å². The van der Waals surface area contributed by atoms with E-state index < -0.39 is 0 Å². The van der Waals surface area contributed by atoms with Crippen LogP contribution in [0, 0.1) is 0 Å². The van der Waals surface area contributed by atoms with Gasteiger partial charge in [0.2, 0.25) is 0 Å². The third kappa shape index (κ3) is 2.92. The molecule has 20 heavy (non-hydrogen) atoms. The Morgan fingerprint density at radius 3 is 3.15 bits per heavy atom. The van der Waals surface area contributed by atoms with E-state index in [1.165, 1.54) is 5.69 Å². The number of thioether (sulfide) groups is 1. The van der Waals surface area contributed by atoms with Crippen LogP contribution in [-0.2, 0) is 12.3 Å². The predicted molar refractivity (Wildman–Crippen MR) is 83.3 cm³/mol. The first-order chi connectivity index (χ1) is 9.74. The van der Waals surface area contributed by atoms with Crippen LogP contribution in [0.25, 0.3) is 4.96 Å². The normalized spacial score (nSPS) is 11.8. The SMILES string of the molecule is CC(C)NCc1c(SCc2ccco2)nc2sccn12. The first kappa shape index (κ1) is 13.7. The van der Waals surface area contributed by atoms with E-state index in [0.717, 1.165) is 28.0 Å². The lowest BCUT2D eigenvalue weighted by atomic mass is 10.3. The first-order valence-electron chi connectivity index (χ1n) is 6.57. The van der Waals surface area contributed by atoms with Gasteiger partial charge in [-0.05, 0) is 12.1 Å². The van der Waals surface area contributed by atoms with Gasteiger partial charge in [-0.25, -0.2) is 4.98 Å². The molecule has 0 aliphatic carbocycles. The summed E-state index contributed by atoms with van der Waals surface area (Å²) >= 11 is 3.39. The van der Waals surface area contributed by atoms with Crippen molar-refractivity contribution in [1.82, 2.24) is 14.7 Å². The second-order valence-electron chi connectivity index (χ2n) is 4.82. The van der Waals surface area contributed by atoms with Crippen LogP contribution in [-0.4, -0.2) is 15.4 Å². The minimum Gasteiger partial charge on any atom is -0.468 e. The largest absolute Gasteiger partial charge is 0.468 e. The molecule has 0 spiro atoms. The van der Waals surface area contributed by atoms with Crippen molar-refractivity contribution in [3.63, 3.8) is 0 Å². The Bertz CT molecular complexity index is 670. The molecule has 0 aliphatic rings. The van der Waals surface area contributed by atoms with Gasteiger partial charge in [-0.3, -0.25) is 4.40 Å². The zero-order valence-corrected chi connectivity index (χ0v) is 13.1. The Balaban J connectivity index is 1.81. The summed E-state index contributed by atoms with van der Waals surface area (Å²) in [5.41, 5.74) is 1.23. The molecular formula is C14H17N3OS2. The van der Waals surface area contributed by atoms with Crippen molar-refractivity contribution in [3.05, 3.63) is 41.4 Å². The van der Waals surface area contributed by atoms with Gasteiger partial charge in [-0.1, -0.05) is 25.6 Å². The van der Waals surface area contributed by atoms with E-state index >= 15 is 0 Å². The van der Waals surface area contributed by atoms with E-state index in [1.54, 1.807) is 29.4 Å². The van der Waals surface area contributed by atoms with E-state index in [9.17, 15) is 0 Å². The number of nitrogens with one attached hydrogen (secondary N) is 1. The van der Waals surface area contributed by atoms with E-state index in [1.807, 2.05) is 12.1 Å². The molecule has 3 heterocycles. The number of rotatable bonds is 6. The van der Waals surface area contributed by atoms with Gasteiger partial charge in [0.05, 0.1) is 17.7 Å². The van der Waals surface area contributed by atoms with Crippen LogP contribution in [0.2, 0.25) is 0 Å². The highest BCUT2D eigenvalue weighted by atomic mass is 32.2. The average molecular weight is 307 g/mol. The third-order valence-corrected chi connectivity index (χ3v) is 4.72. The van der Waals surface area contributed by atoms with Crippen LogP contribution in [0.5, 0.6) is 0 Å². The molecule has 4 nitrogen and oxygen atoms in total. The maximum atomic E-state index is 5.38. The van der Waals surface area contributed by atoms with Gasteiger partial charge in [0, 0.05) is 24.2 Å². The molecule has 0 amide bonds. The Morgan fingerprint density at radius 2 is 2.40 bits per heavy atom. The Kier molecular flexibility index (Phi) is 4.14. The minimum atomic E-state index is 0.460. The molecule has 0 bridgehead atoms. The Morgan fingerprint density at radius 1 is 1.50 bits per heavy atom. The van der Waals surface area contributed by atoms with Crippen LogP contribution in [0.3, 0.4) is 0 Å². The van der Waals surface area contributed by atoms with Gasteiger partial charge < -0.3 is 9.73 Å². The molecule has 0 fully saturated rings. The topological polar surface area (TPSA) is 42.5 Å². The molecule has 0 radical (unpaired) electrons. The van der Waals surface area contributed by atoms with Crippen molar-refractivity contribution in [2.24, 2.45) is 0 Å². The maximum absolute atomic E-state index is 5.38. The zero-order valence-electron chi connectivity index (χ0n) is 11.5. The van der Waals surface area contributed by atoms with Crippen LogP contribution in [0.4, 0.5) is 0 Å². The molecule has 0 saturated heterocycles. The maximum Gasteiger partial charge on any atom is 0.194 e. The summed E-state index contributed by atoms with van der Waals surface area (Å²) in [5, 5.41) is 6.63. The number of fused-ring (bicyclic) bond motifs is 1. The number of hydrogen-bond acceptors (Lipinski definition) is 5. The zero-order chi connectivity index (χ0) is 13.9. The standard InChI is InChI=1S/C14H17N3OS2/c1-10(2)15-8-12-13(16-14-17(12)5-7-19-14)20-9-11-4-3-6-18-11/h3-7,10,15H,8-9H2,1-2H3.